The molecule has 5 N–H and O–H groups in total. The SMILES string of the molecule is CC(Cc1ccc(F)cc1)NCC(N)C(N)=O. The number of carbonyl (C=O) groups is 1. The van der Waals surface area contributed by atoms with Gasteiger partial charge in [-0.3, -0.25) is 4.79 Å². The number of halogens is 1. The maximum Gasteiger partial charge on any atom is 0.235 e. The zero-order chi connectivity index (χ0) is 12.8. The molecule has 0 aliphatic rings. The zero-order valence-electron chi connectivity index (χ0n) is 9.82. The molecular weight excluding hydrogens is 221 g/mol. The molecule has 94 valence electrons. The Labute approximate surface area is 100 Å². The number of carbonyl (C=O) groups excluding carboxylic acids is 1. The fraction of sp³-hybridized carbons (Fsp3) is 0.417. The highest BCUT2D eigenvalue weighted by Gasteiger charge is 2.10. The third-order valence-corrected chi connectivity index (χ3v) is 2.51. The summed E-state index contributed by atoms with van der Waals surface area (Å²) in [7, 11) is 0. The van der Waals surface area contributed by atoms with Crippen molar-refractivity contribution >= 4 is 5.91 Å². The van der Waals surface area contributed by atoms with Gasteiger partial charge in [0.1, 0.15) is 5.82 Å². The Hall–Kier alpha value is -1.46. The van der Waals surface area contributed by atoms with Crippen molar-refractivity contribution in [2.45, 2.75) is 25.4 Å². The monoisotopic (exact) mass is 239 g/mol. The number of benzene rings is 1. The molecule has 0 aromatic heterocycles. The van der Waals surface area contributed by atoms with E-state index in [1.807, 2.05) is 6.92 Å². The summed E-state index contributed by atoms with van der Waals surface area (Å²) in [5.41, 5.74) is 11.6. The van der Waals surface area contributed by atoms with E-state index in [0.29, 0.717) is 6.54 Å². The van der Waals surface area contributed by atoms with Crippen molar-refractivity contribution in [3.8, 4) is 0 Å². The molecule has 0 saturated heterocycles. The number of nitrogens with two attached hydrogens (primary N) is 2. The highest BCUT2D eigenvalue weighted by atomic mass is 19.1. The number of primary amides is 1. The van der Waals surface area contributed by atoms with E-state index in [-0.39, 0.29) is 11.9 Å². The molecule has 1 rings (SSSR count). The normalized spacial score (nSPS) is 14.3. The third kappa shape index (κ3) is 4.93. The second-order valence-electron chi connectivity index (χ2n) is 4.15. The van der Waals surface area contributed by atoms with Gasteiger partial charge in [0.15, 0.2) is 0 Å². The molecule has 17 heavy (non-hydrogen) atoms. The van der Waals surface area contributed by atoms with Gasteiger partial charge in [0, 0.05) is 12.6 Å². The van der Waals surface area contributed by atoms with E-state index in [0.717, 1.165) is 12.0 Å². The standard InChI is InChI=1S/C12H18FN3O/c1-8(16-7-11(14)12(15)17)6-9-2-4-10(13)5-3-9/h2-5,8,11,16H,6-7,14H2,1H3,(H2,15,17). The van der Waals surface area contributed by atoms with Crippen molar-refractivity contribution in [1.82, 2.24) is 5.32 Å². The van der Waals surface area contributed by atoms with Gasteiger partial charge in [-0.25, -0.2) is 4.39 Å². The Morgan fingerprint density at radius 3 is 2.53 bits per heavy atom. The second kappa shape index (κ2) is 6.32. The van der Waals surface area contributed by atoms with Crippen LogP contribution in [0.1, 0.15) is 12.5 Å². The molecular formula is C12H18FN3O. The predicted molar refractivity (Wildman–Crippen MR) is 64.7 cm³/mol. The summed E-state index contributed by atoms with van der Waals surface area (Å²) < 4.78 is 12.7. The van der Waals surface area contributed by atoms with Gasteiger partial charge in [-0.2, -0.15) is 0 Å². The van der Waals surface area contributed by atoms with Gasteiger partial charge in [-0.1, -0.05) is 12.1 Å². The van der Waals surface area contributed by atoms with Gasteiger partial charge < -0.3 is 16.8 Å². The Balaban J connectivity index is 2.36. The first kappa shape index (κ1) is 13.6. The minimum atomic E-state index is -0.675. The van der Waals surface area contributed by atoms with Crippen LogP contribution in [0.25, 0.3) is 0 Å². The quantitative estimate of drug-likeness (QED) is 0.661. The maximum absolute atomic E-state index is 12.7. The number of amides is 1. The van der Waals surface area contributed by atoms with E-state index in [9.17, 15) is 9.18 Å². The van der Waals surface area contributed by atoms with Gasteiger partial charge in [-0.05, 0) is 31.0 Å². The lowest BCUT2D eigenvalue weighted by Crippen LogP contribution is -2.46. The average Bonchev–Trinajstić information content (AvgIpc) is 2.29. The fourth-order valence-electron chi connectivity index (χ4n) is 1.47. The van der Waals surface area contributed by atoms with Crippen molar-refractivity contribution in [1.29, 1.82) is 0 Å². The summed E-state index contributed by atoms with van der Waals surface area (Å²) in [5, 5.41) is 3.11. The van der Waals surface area contributed by atoms with Crippen LogP contribution in [0.3, 0.4) is 0 Å². The molecule has 2 atom stereocenters. The molecule has 4 nitrogen and oxygen atoms in total. The number of rotatable bonds is 6. The summed E-state index contributed by atoms with van der Waals surface area (Å²) in [6.45, 7) is 2.31. The zero-order valence-corrected chi connectivity index (χ0v) is 9.82. The molecule has 2 unspecified atom stereocenters. The largest absolute Gasteiger partial charge is 0.368 e. The van der Waals surface area contributed by atoms with Crippen LogP contribution >= 0.6 is 0 Å². The Morgan fingerprint density at radius 2 is 2.00 bits per heavy atom. The van der Waals surface area contributed by atoms with Crippen molar-refractivity contribution in [2.75, 3.05) is 6.54 Å². The first-order chi connectivity index (χ1) is 7.99. The Morgan fingerprint density at radius 1 is 1.41 bits per heavy atom. The number of hydrogen-bond donors (Lipinski definition) is 3. The predicted octanol–water partition coefficient (Wildman–Crippen LogP) is 0.159. The molecule has 0 heterocycles. The van der Waals surface area contributed by atoms with E-state index < -0.39 is 11.9 Å². The van der Waals surface area contributed by atoms with E-state index in [1.54, 1.807) is 12.1 Å². The van der Waals surface area contributed by atoms with Crippen LogP contribution in [0.4, 0.5) is 4.39 Å². The summed E-state index contributed by atoms with van der Waals surface area (Å²) in [6, 6.07) is 5.80. The summed E-state index contributed by atoms with van der Waals surface area (Å²) in [5.74, 6) is -0.767. The Kier molecular flexibility index (Phi) is 5.06. The van der Waals surface area contributed by atoms with Gasteiger partial charge in [0.25, 0.3) is 0 Å². The molecule has 0 saturated carbocycles. The molecule has 1 aromatic rings. The van der Waals surface area contributed by atoms with Crippen molar-refractivity contribution in [3.05, 3.63) is 35.6 Å². The highest BCUT2D eigenvalue weighted by molar-refractivity contribution is 5.79. The van der Waals surface area contributed by atoms with Gasteiger partial charge >= 0.3 is 0 Å². The van der Waals surface area contributed by atoms with Crippen LogP contribution in [0.5, 0.6) is 0 Å². The number of hydrogen-bond acceptors (Lipinski definition) is 3. The van der Waals surface area contributed by atoms with Crippen LogP contribution in [-0.4, -0.2) is 24.5 Å². The molecule has 1 aromatic carbocycles. The minimum absolute atomic E-state index is 0.144. The van der Waals surface area contributed by atoms with E-state index in [1.165, 1.54) is 12.1 Å². The topological polar surface area (TPSA) is 81.1 Å². The molecule has 1 amide bonds. The van der Waals surface area contributed by atoms with Crippen molar-refractivity contribution in [2.24, 2.45) is 11.5 Å². The summed E-state index contributed by atoms with van der Waals surface area (Å²) in [4.78, 5) is 10.7. The van der Waals surface area contributed by atoms with Crippen LogP contribution in [0.15, 0.2) is 24.3 Å². The van der Waals surface area contributed by atoms with Crippen LogP contribution in [-0.2, 0) is 11.2 Å². The maximum atomic E-state index is 12.7. The highest BCUT2D eigenvalue weighted by Crippen LogP contribution is 2.05. The molecule has 0 spiro atoms. The first-order valence-electron chi connectivity index (χ1n) is 5.51. The number of nitrogens with one attached hydrogen (secondary N) is 1. The van der Waals surface area contributed by atoms with E-state index in [2.05, 4.69) is 5.32 Å². The average molecular weight is 239 g/mol. The van der Waals surface area contributed by atoms with Crippen molar-refractivity contribution in [3.63, 3.8) is 0 Å². The molecule has 0 aliphatic heterocycles. The van der Waals surface area contributed by atoms with E-state index >= 15 is 0 Å². The van der Waals surface area contributed by atoms with Crippen LogP contribution in [0, 0.1) is 5.82 Å². The lowest BCUT2D eigenvalue weighted by molar-refractivity contribution is -0.119. The smallest absolute Gasteiger partial charge is 0.235 e. The lowest BCUT2D eigenvalue weighted by Gasteiger charge is -2.16. The van der Waals surface area contributed by atoms with Crippen LogP contribution in [0.2, 0.25) is 0 Å². The third-order valence-electron chi connectivity index (χ3n) is 2.51. The lowest BCUT2D eigenvalue weighted by atomic mass is 10.1. The second-order valence-corrected chi connectivity index (χ2v) is 4.15. The minimum Gasteiger partial charge on any atom is -0.368 e. The molecule has 0 bridgehead atoms. The molecule has 0 aliphatic carbocycles. The van der Waals surface area contributed by atoms with Gasteiger partial charge in [0.05, 0.1) is 6.04 Å². The fourth-order valence-corrected chi connectivity index (χ4v) is 1.47. The Bertz CT molecular complexity index is 367. The molecule has 0 radical (unpaired) electrons. The van der Waals surface area contributed by atoms with Crippen molar-refractivity contribution < 1.29 is 9.18 Å². The van der Waals surface area contributed by atoms with Gasteiger partial charge in [0.2, 0.25) is 5.91 Å². The summed E-state index contributed by atoms with van der Waals surface area (Å²) in [6.07, 6.45) is 0.742. The molecule has 5 heteroatoms. The first-order valence-corrected chi connectivity index (χ1v) is 5.51. The van der Waals surface area contributed by atoms with Crippen LogP contribution < -0.4 is 16.8 Å². The van der Waals surface area contributed by atoms with Gasteiger partial charge in [-0.15, -0.1) is 0 Å². The summed E-state index contributed by atoms with van der Waals surface area (Å²) >= 11 is 0. The van der Waals surface area contributed by atoms with E-state index in [4.69, 9.17) is 11.5 Å². The molecule has 0 fully saturated rings.